The van der Waals surface area contributed by atoms with Crippen molar-refractivity contribution in [3.63, 3.8) is 0 Å². The number of benzene rings is 1. The van der Waals surface area contributed by atoms with Crippen molar-refractivity contribution >= 4 is 21.7 Å². The van der Waals surface area contributed by atoms with Crippen molar-refractivity contribution in [1.82, 2.24) is 0 Å². The topological polar surface area (TPSA) is 39.4 Å². The molecule has 0 spiro atoms. The second-order valence-electron chi connectivity index (χ2n) is 3.83. The largest absolute Gasteiger partial charge is 0.492 e. The maximum Gasteiger partial charge on any atom is 0.196 e. The molecule has 0 aliphatic carbocycles. The van der Waals surface area contributed by atoms with Gasteiger partial charge in [0.2, 0.25) is 0 Å². The molecule has 0 saturated carbocycles. The summed E-state index contributed by atoms with van der Waals surface area (Å²) in [6, 6.07) is 6.97. The lowest BCUT2D eigenvalue weighted by molar-refractivity contribution is 0.103. The van der Waals surface area contributed by atoms with Gasteiger partial charge in [-0.15, -0.1) is 0 Å². The number of halogens is 1. The van der Waals surface area contributed by atoms with Crippen LogP contribution in [0.25, 0.3) is 0 Å². The second-order valence-corrected chi connectivity index (χ2v) is 4.69. The van der Waals surface area contributed by atoms with Gasteiger partial charge in [-0.05, 0) is 46.6 Å². The van der Waals surface area contributed by atoms with E-state index >= 15 is 0 Å². The third kappa shape index (κ3) is 2.82. The number of ketones is 1. The Bertz CT molecular complexity index is 532. The summed E-state index contributed by atoms with van der Waals surface area (Å²) in [4.78, 5) is 12.1. The monoisotopic (exact) mass is 308 g/mol. The SMILES string of the molecule is CCCOc1ccc(C(=O)c2ccoc2)cc1Br. The quantitative estimate of drug-likeness (QED) is 0.782. The maximum atomic E-state index is 12.1. The van der Waals surface area contributed by atoms with Crippen molar-refractivity contribution in [3.05, 3.63) is 52.4 Å². The Morgan fingerprint density at radius 2 is 2.17 bits per heavy atom. The molecule has 1 aromatic heterocycles. The van der Waals surface area contributed by atoms with Gasteiger partial charge >= 0.3 is 0 Å². The zero-order chi connectivity index (χ0) is 13.0. The van der Waals surface area contributed by atoms with Gasteiger partial charge in [0, 0.05) is 5.56 Å². The van der Waals surface area contributed by atoms with Crippen LogP contribution < -0.4 is 4.74 Å². The summed E-state index contributed by atoms with van der Waals surface area (Å²) in [6.07, 6.45) is 3.88. The van der Waals surface area contributed by atoms with E-state index in [4.69, 9.17) is 9.15 Å². The van der Waals surface area contributed by atoms with E-state index in [0.717, 1.165) is 16.6 Å². The van der Waals surface area contributed by atoms with Crippen molar-refractivity contribution in [1.29, 1.82) is 0 Å². The highest BCUT2D eigenvalue weighted by atomic mass is 79.9. The van der Waals surface area contributed by atoms with Gasteiger partial charge in [0.25, 0.3) is 0 Å². The van der Waals surface area contributed by atoms with Gasteiger partial charge in [0.05, 0.1) is 22.9 Å². The van der Waals surface area contributed by atoms with E-state index in [9.17, 15) is 4.79 Å². The predicted octanol–water partition coefficient (Wildman–Crippen LogP) is 4.06. The van der Waals surface area contributed by atoms with E-state index in [1.54, 1.807) is 24.3 Å². The molecule has 0 atom stereocenters. The fourth-order valence-electron chi connectivity index (χ4n) is 1.53. The van der Waals surface area contributed by atoms with E-state index < -0.39 is 0 Å². The van der Waals surface area contributed by atoms with Gasteiger partial charge in [-0.1, -0.05) is 6.92 Å². The van der Waals surface area contributed by atoms with E-state index in [-0.39, 0.29) is 5.78 Å². The first kappa shape index (κ1) is 12.9. The lowest BCUT2D eigenvalue weighted by Gasteiger charge is -2.08. The van der Waals surface area contributed by atoms with Crippen LogP contribution in [-0.4, -0.2) is 12.4 Å². The highest BCUT2D eigenvalue weighted by Crippen LogP contribution is 2.27. The Balaban J connectivity index is 2.21. The summed E-state index contributed by atoms with van der Waals surface area (Å²) in [6.45, 7) is 2.71. The Morgan fingerprint density at radius 1 is 1.33 bits per heavy atom. The minimum atomic E-state index is -0.0634. The summed E-state index contributed by atoms with van der Waals surface area (Å²) < 4.78 is 11.2. The highest BCUT2D eigenvalue weighted by molar-refractivity contribution is 9.10. The van der Waals surface area contributed by atoms with E-state index in [1.807, 2.05) is 6.92 Å². The molecule has 0 bridgehead atoms. The molecule has 0 unspecified atom stereocenters. The second kappa shape index (κ2) is 5.87. The number of hydrogen-bond donors (Lipinski definition) is 0. The van der Waals surface area contributed by atoms with Crippen LogP contribution in [0.1, 0.15) is 29.3 Å². The summed E-state index contributed by atoms with van der Waals surface area (Å²) in [5.41, 5.74) is 1.15. The molecule has 0 N–H and O–H groups in total. The standard InChI is InChI=1S/C14H13BrO3/c1-2-6-18-13-4-3-10(8-12(13)15)14(16)11-5-7-17-9-11/h3-5,7-9H,2,6H2,1H3. The van der Waals surface area contributed by atoms with Crippen molar-refractivity contribution in [3.8, 4) is 5.75 Å². The van der Waals surface area contributed by atoms with Gasteiger partial charge in [-0.25, -0.2) is 0 Å². The minimum Gasteiger partial charge on any atom is -0.492 e. The van der Waals surface area contributed by atoms with E-state index in [0.29, 0.717) is 17.7 Å². The minimum absolute atomic E-state index is 0.0634. The average Bonchev–Trinajstić information content (AvgIpc) is 2.90. The van der Waals surface area contributed by atoms with Crippen LogP contribution in [-0.2, 0) is 0 Å². The first-order valence-corrected chi connectivity index (χ1v) is 6.51. The maximum absolute atomic E-state index is 12.1. The molecule has 1 heterocycles. The van der Waals surface area contributed by atoms with Crippen LogP contribution in [0, 0.1) is 0 Å². The fraction of sp³-hybridized carbons (Fsp3) is 0.214. The Morgan fingerprint density at radius 3 is 2.78 bits per heavy atom. The first-order chi connectivity index (χ1) is 8.72. The molecular weight excluding hydrogens is 296 g/mol. The molecule has 0 aliphatic rings. The van der Waals surface area contributed by atoms with Crippen molar-refractivity contribution in [2.24, 2.45) is 0 Å². The molecule has 4 heteroatoms. The average molecular weight is 309 g/mol. The smallest absolute Gasteiger partial charge is 0.196 e. The van der Waals surface area contributed by atoms with Crippen LogP contribution >= 0.6 is 15.9 Å². The Hall–Kier alpha value is -1.55. The molecule has 0 amide bonds. The van der Waals surface area contributed by atoms with Gasteiger partial charge in [-0.3, -0.25) is 4.79 Å². The van der Waals surface area contributed by atoms with E-state index in [1.165, 1.54) is 12.5 Å². The molecule has 94 valence electrons. The number of ether oxygens (including phenoxy) is 1. The van der Waals surface area contributed by atoms with Crippen LogP contribution in [0.5, 0.6) is 5.75 Å². The predicted molar refractivity (Wildman–Crippen MR) is 72.1 cm³/mol. The van der Waals surface area contributed by atoms with Crippen LogP contribution in [0.15, 0.2) is 45.7 Å². The van der Waals surface area contributed by atoms with Crippen molar-refractivity contribution in [2.45, 2.75) is 13.3 Å². The third-order valence-corrected chi connectivity index (χ3v) is 3.06. The number of hydrogen-bond acceptors (Lipinski definition) is 3. The number of rotatable bonds is 5. The highest BCUT2D eigenvalue weighted by Gasteiger charge is 2.12. The van der Waals surface area contributed by atoms with Crippen LogP contribution in [0.2, 0.25) is 0 Å². The van der Waals surface area contributed by atoms with Crippen molar-refractivity contribution < 1.29 is 13.9 Å². The molecule has 0 saturated heterocycles. The summed E-state index contributed by atoms with van der Waals surface area (Å²) >= 11 is 3.41. The molecule has 18 heavy (non-hydrogen) atoms. The molecular formula is C14H13BrO3. The summed E-state index contributed by atoms with van der Waals surface area (Å²) in [5, 5.41) is 0. The van der Waals surface area contributed by atoms with Gasteiger partial charge in [0.15, 0.2) is 5.78 Å². The van der Waals surface area contributed by atoms with Crippen molar-refractivity contribution in [2.75, 3.05) is 6.61 Å². The number of furan rings is 1. The lowest BCUT2D eigenvalue weighted by atomic mass is 10.1. The first-order valence-electron chi connectivity index (χ1n) is 5.71. The fourth-order valence-corrected chi connectivity index (χ4v) is 2.02. The summed E-state index contributed by atoms with van der Waals surface area (Å²) in [5.74, 6) is 0.687. The van der Waals surface area contributed by atoms with Gasteiger partial charge in [-0.2, -0.15) is 0 Å². The van der Waals surface area contributed by atoms with Crippen LogP contribution in [0.4, 0.5) is 0 Å². The van der Waals surface area contributed by atoms with Crippen LogP contribution in [0.3, 0.4) is 0 Å². The zero-order valence-corrected chi connectivity index (χ0v) is 11.6. The molecule has 0 fully saturated rings. The Kier molecular flexibility index (Phi) is 4.20. The lowest BCUT2D eigenvalue weighted by Crippen LogP contribution is -2.01. The molecule has 0 radical (unpaired) electrons. The summed E-state index contributed by atoms with van der Waals surface area (Å²) in [7, 11) is 0. The number of carbonyl (C=O) groups is 1. The zero-order valence-electron chi connectivity index (χ0n) is 9.98. The molecule has 3 nitrogen and oxygen atoms in total. The van der Waals surface area contributed by atoms with Gasteiger partial charge in [0.1, 0.15) is 12.0 Å². The van der Waals surface area contributed by atoms with E-state index in [2.05, 4.69) is 15.9 Å². The van der Waals surface area contributed by atoms with Gasteiger partial charge < -0.3 is 9.15 Å². The Labute approximate surface area is 114 Å². The number of carbonyl (C=O) groups excluding carboxylic acids is 1. The third-order valence-electron chi connectivity index (χ3n) is 2.44. The molecule has 2 rings (SSSR count). The molecule has 2 aromatic rings. The molecule has 0 aliphatic heterocycles. The molecule has 1 aromatic carbocycles. The normalized spacial score (nSPS) is 10.3.